The first-order chi connectivity index (χ1) is 10.2. The highest BCUT2D eigenvalue weighted by Crippen LogP contribution is 2.12. The summed E-state index contributed by atoms with van der Waals surface area (Å²) in [5.74, 6) is -0.280. The van der Waals surface area contributed by atoms with Crippen LogP contribution >= 0.6 is 24.4 Å². The molecule has 0 bridgehead atoms. The second-order valence-electron chi connectivity index (χ2n) is 7.30. The Morgan fingerprint density at radius 2 is 1.04 bits per heavy atom. The van der Waals surface area contributed by atoms with Gasteiger partial charge in [0.05, 0.1) is 17.5 Å². The van der Waals surface area contributed by atoms with Gasteiger partial charge in [-0.15, -0.1) is 0 Å². The fourth-order valence-corrected chi connectivity index (χ4v) is 2.47. The first-order valence-corrected chi connectivity index (χ1v) is 8.18. The molecule has 0 aromatic rings. The van der Waals surface area contributed by atoms with Gasteiger partial charge in [-0.05, 0) is 41.5 Å². The quantitative estimate of drug-likeness (QED) is 0.582. The smallest absolute Gasteiger partial charge is 0.238 e. The van der Waals surface area contributed by atoms with Gasteiger partial charge in [-0.25, -0.2) is 0 Å². The molecule has 0 heterocycles. The van der Waals surface area contributed by atoms with Crippen molar-refractivity contribution in [1.29, 1.82) is 0 Å². The van der Waals surface area contributed by atoms with Crippen LogP contribution in [0.4, 0.5) is 0 Å². The van der Waals surface area contributed by atoms with Crippen molar-refractivity contribution in [3.05, 3.63) is 0 Å². The number of thiocarbonyl (C=S) groups is 2. The highest BCUT2D eigenvalue weighted by molar-refractivity contribution is 7.82. The molecular weight excluding hydrogens is 332 g/mol. The summed E-state index contributed by atoms with van der Waals surface area (Å²) in [4.78, 5) is 24.2. The van der Waals surface area contributed by atoms with Crippen molar-refractivity contribution in [3.8, 4) is 0 Å². The second kappa shape index (κ2) is 8.01. The van der Waals surface area contributed by atoms with E-state index in [2.05, 4.69) is 10.9 Å². The summed E-state index contributed by atoms with van der Waals surface area (Å²) >= 11 is 10.5. The Labute approximate surface area is 149 Å². The number of hydrogen-bond acceptors (Lipinski definition) is 4. The van der Waals surface area contributed by atoms with Crippen LogP contribution < -0.4 is 10.9 Å². The number of carbonyl (C=O) groups excluding carboxylic acids is 2. The molecule has 0 atom stereocenters. The third-order valence-corrected chi connectivity index (χ3v) is 3.24. The van der Waals surface area contributed by atoms with Crippen LogP contribution in [0.2, 0.25) is 0 Å². The first-order valence-electron chi connectivity index (χ1n) is 7.37. The van der Waals surface area contributed by atoms with Crippen LogP contribution in [0, 0.1) is 0 Å². The summed E-state index contributed by atoms with van der Waals surface area (Å²) in [6, 6.07) is 0. The number of amides is 2. The predicted molar refractivity (Wildman–Crippen MR) is 101 cm³/mol. The second-order valence-corrected chi connectivity index (χ2v) is 8.28. The van der Waals surface area contributed by atoms with E-state index in [9.17, 15) is 9.59 Å². The number of nitrogens with one attached hydrogen (secondary N) is 2. The van der Waals surface area contributed by atoms with Gasteiger partial charge in [0.15, 0.2) is 0 Å². The SMILES string of the molecule is CC(=O)N(NC(=S)CC(=S)NN(C(C)=O)C(C)(C)C)C(C)(C)C. The third-order valence-electron chi connectivity index (χ3n) is 2.77. The number of hydrogen-bond donors (Lipinski definition) is 2. The van der Waals surface area contributed by atoms with Crippen molar-refractivity contribution in [2.75, 3.05) is 0 Å². The molecule has 0 saturated carbocycles. The molecule has 0 aliphatic heterocycles. The minimum atomic E-state index is -0.415. The van der Waals surface area contributed by atoms with Gasteiger partial charge in [-0.3, -0.25) is 30.5 Å². The minimum Gasteiger partial charge on any atom is -0.288 e. The van der Waals surface area contributed by atoms with Gasteiger partial charge in [0, 0.05) is 13.8 Å². The summed E-state index contributed by atoms with van der Waals surface area (Å²) in [6.45, 7) is 14.3. The van der Waals surface area contributed by atoms with E-state index in [1.807, 2.05) is 41.5 Å². The molecule has 0 aromatic heterocycles. The Morgan fingerprint density at radius 1 is 0.783 bits per heavy atom. The Kier molecular flexibility index (Phi) is 7.56. The molecule has 132 valence electrons. The zero-order chi connectivity index (χ0) is 18.6. The molecule has 0 rings (SSSR count). The van der Waals surface area contributed by atoms with E-state index >= 15 is 0 Å². The fraction of sp³-hybridized carbons (Fsp3) is 0.733. The van der Waals surface area contributed by atoms with Crippen molar-refractivity contribution in [3.63, 3.8) is 0 Å². The number of nitrogens with zero attached hydrogens (tertiary/aromatic N) is 2. The third kappa shape index (κ3) is 7.69. The zero-order valence-corrected chi connectivity index (χ0v) is 16.9. The molecule has 0 aromatic carbocycles. The predicted octanol–water partition coefficient (Wildman–Crippen LogP) is 2.33. The molecule has 2 N–H and O–H groups in total. The van der Waals surface area contributed by atoms with Gasteiger partial charge in [-0.2, -0.15) is 0 Å². The molecule has 6 nitrogen and oxygen atoms in total. The summed E-state index contributed by atoms with van der Waals surface area (Å²) < 4.78 is 0. The van der Waals surface area contributed by atoms with Crippen molar-refractivity contribution in [1.82, 2.24) is 20.9 Å². The van der Waals surface area contributed by atoms with Crippen molar-refractivity contribution in [2.24, 2.45) is 0 Å². The van der Waals surface area contributed by atoms with Crippen LogP contribution in [0.5, 0.6) is 0 Å². The van der Waals surface area contributed by atoms with Crippen molar-refractivity contribution >= 4 is 46.2 Å². The Hall–Kier alpha value is -1.28. The number of carbonyl (C=O) groups is 2. The lowest BCUT2D eigenvalue weighted by Gasteiger charge is -2.37. The molecule has 0 saturated heterocycles. The lowest BCUT2D eigenvalue weighted by molar-refractivity contribution is -0.136. The maximum absolute atomic E-state index is 11.7. The average Bonchev–Trinajstić information content (AvgIpc) is 2.29. The molecule has 0 unspecified atom stereocenters. The van der Waals surface area contributed by atoms with Crippen molar-refractivity contribution < 1.29 is 9.59 Å². The molecule has 2 amide bonds. The van der Waals surface area contributed by atoms with E-state index in [0.717, 1.165) is 0 Å². The van der Waals surface area contributed by atoms with E-state index in [4.69, 9.17) is 24.4 Å². The number of rotatable bonds is 2. The molecule has 0 fully saturated rings. The summed E-state index contributed by atoms with van der Waals surface area (Å²) in [6.07, 6.45) is 0.240. The Morgan fingerprint density at radius 3 is 1.22 bits per heavy atom. The van der Waals surface area contributed by atoms with Crippen LogP contribution in [0.25, 0.3) is 0 Å². The van der Waals surface area contributed by atoms with Gasteiger partial charge in [-0.1, -0.05) is 24.4 Å². The van der Waals surface area contributed by atoms with Gasteiger partial charge in [0.2, 0.25) is 11.8 Å². The summed E-state index contributed by atoms with van der Waals surface area (Å²) in [5, 5.41) is 2.93. The molecule has 0 aliphatic carbocycles. The molecule has 0 radical (unpaired) electrons. The lowest BCUT2D eigenvalue weighted by Crippen LogP contribution is -2.57. The van der Waals surface area contributed by atoms with Crippen LogP contribution in [-0.4, -0.2) is 42.9 Å². The zero-order valence-electron chi connectivity index (χ0n) is 15.2. The normalized spacial score (nSPS) is 11.5. The number of hydrazine groups is 2. The molecule has 8 heteroatoms. The summed E-state index contributed by atoms with van der Waals surface area (Å²) in [5.41, 5.74) is 5.00. The van der Waals surface area contributed by atoms with Gasteiger partial charge >= 0.3 is 0 Å². The largest absolute Gasteiger partial charge is 0.288 e. The molecule has 23 heavy (non-hydrogen) atoms. The van der Waals surface area contributed by atoms with Gasteiger partial charge < -0.3 is 0 Å². The molecule has 0 spiro atoms. The van der Waals surface area contributed by atoms with E-state index in [1.54, 1.807) is 0 Å². The maximum atomic E-state index is 11.7. The van der Waals surface area contributed by atoms with Crippen molar-refractivity contribution in [2.45, 2.75) is 72.9 Å². The fourth-order valence-electron chi connectivity index (χ4n) is 1.91. The Balaban J connectivity index is 4.82. The average molecular weight is 361 g/mol. The minimum absolute atomic E-state index is 0.140. The summed E-state index contributed by atoms with van der Waals surface area (Å²) in [7, 11) is 0. The lowest BCUT2D eigenvalue weighted by atomic mass is 10.1. The monoisotopic (exact) mass is 360 g/mol. The van der Waals surface area contributed by atoms with E-state index in [-0.39, 0.29) is 18.2 Å². The van der Waals surface area contributed by atoms with E-state index in [1.165, 1.54) is 23.9 Å². The topological polar surface area (TPSA) is 64.7 Å². The highest BCUT2D eigenvalue weighted by Gasteiger charge is 2.27. The first kappa shape index (κ1) is 21.7. The van der Waals surface area contributed by atoms with Gasteiger partial charge in [0.25, 0.3) is 0 Å². The van der Waals surface area contributed by atoms with Crippen LogP contribution in [0.15, 0.2) is 0 Å². The maximum Gasteiger partial charge on any atom is 0.238 e. The van der Waals surface area contributed by atoms with Crippen LogP contribution in [-0.2, 0) is 9.59 Å². The molecular formula is C15H28N4O2S2. The molecule has 0 aliphatic rings. The van der Waals surface area contributed by atoms with Crippen LogP contribution in [0.3, 0.4) is 0 Å². The van der Waals surface area contributed by atoms with E-state index < -0.39 is 11.1 Å². The van der Waals surface area contributed by atoms with E-state index in [0.29, 0.717) is 9.98 Å². The van der Waals surface area contributed by atoms with Crippen LogP contribution in [0.1, 0.15) is 61.8 Å². The van der Waals surface area contributed by atoms with Gasteiger partial charge in [0.1, 0.15) is 9.98 Å². The standard InChI is InChI=1S/C15H28N4O2S2/c1-10(20)18(14(3,4)5)16-12(22)9-13(23)17-19(11(2)21)15(6,7)8/h9H2,1-8H3,(H,16,22)(H,17,23). The highest BCUT2D eigenvalue weighted by atomic mass is 32.1. The Bertz CT molecular complexity index is 449.